The van der Waals surface area contributed by atoms with E-state index in [0.29, 0.717) is 12.8 Å². The lowest BCUT2D eigenvalue weighted by molar-refractivity contribution is -0.142. The molecule has 0 aromatic carbocycles. The van der Waals surface area contributed by atoms with Crippen molar-refractivity contribution in [3.05, 3.63) is 0 Å². The standard InChI is InChI=1S/C14H26N2O3/c1-3-9-16(10-4-2)14(19)15-12-7-5-11(6-8-12)13(17)18/h11-12H,3-10H2,1-2H3,(H,15,19)(H,17,18). The zero-order valence-corrected chi connectivity index (χ0v) is 12.0. The van der Waals surface area contributed by atoms with Crippen molar-refractivity contribution in [2.75, 3.05) is 13.1 Å². The summed E-state index contributed by atoms with van der Waals surface area (Å²) in [5.41, 5.74) is 0. The van der Waals surface area contributed by atoms with Crippen LogP contribution in [0.2, 0.25) is 0 Å². The Morgan fingerprint density at radius 1 is 1.11 bits per heavy atom. The van der Waals surface area contributed by atoms with E-state index in [2.05, 4.69) is 19.2 Å². The van der Waals surface area contributed by atoms with Crippen LogP contribution < -0.4 is 5.32 Å². The van der Waals surface area contributed by atoms with Crippen molar-refractivity contribution in [1.82, 2.24) is 10.2 Å². The van der Waals surface area contributed by atoms with Crippen LogP contribution in [0.25, 0.3) is 0 Å². The molecule has 5 nitrogen and oxygen atoms in total. The van der Waals surface area contributed by atoms with Crippen molar-refractivity contribution in [2.24, 2.45) is 5.92 Å². The molecule has 0 heterocycles. The van der Waals surface area contributed by atoms with Crippen LogP contribution in [0.15, 0.2) is 0 Å². The van der Waals surface area contributed by atoms with E-state index in [1.165, 1.54) is 0 Å². The van der Waals surface area contributed by atoms with Crippen LogP contribution >= 0.6 is 0 Å². The van der Waals surface area contributed by atoms with Gasteiger partial charge in [-0.1, -0.05) is 13.8 Å². The highest BCUT2D eigenvalue weighted by Gasteiger charge is 2.27. The quantitative estimate of drug-likeness (QED) is 0.779. The van der Waals surface area contributed by atoms with E-state index < -0.39 is 5.97 Å². The average molecular weight is 270 g/mol. The molecule has 0 spiro atoms. The minimum atomic E-state index is -0.705. The van der Waals surface area contributed by atoms with Gasteiger partial charge in [0.05, 0.1) is 5.92 Å². The van der Waals surface area contributed by atoms with Gasteiger partial charge in [-0.05, 0) is 38.5 Å². The summed E-state index contributed by atoms with van der Waals surface area (Å²) >= 11 is 0. The number of hydrogen-bond donors (Lipinski definition) is 2. The maximum absolute atomic E-state index is 12.1. The Bertz CT molecular complexity index is 293. The Morgan fingerprint density at radius 2 is 1.63 bits per heavy atom. The molecule has 2 amide bonds. The van der Waals surface area contributed by atoms with E-state index in [0.717, 1.165) is 38.8 Å². The molecule has 1 rings (SSSR count). The van der Waals surface area contributed by atoms with Crippen LogP contribution in [0.5, 0.6) is 0 Å². The number of carboxylic acids is 1. The maximum atomic E-state index is 12.1. The number of nitrogens with one attached hydrogen (secondary N) is 1. The summed E-state index contributed by atoms with van der Waals surface area (Å²) in [7, 11) is 0. The fourth-order valence-electron chi connectivity index (χ4n) is 2.61. The van der Waals surface area contributed by atoms with E-state index in [9.17, 15) is 9.59 Å². The second-order valence-corrected chi connectivity index (χ2v) is 5.32. The topological polar surface area (TPSA) is 69.6 Å². The molecule has 0 aromatic rings. The Hall–Kier alpha value is -1.26. The van der Waals surface area contributed by atoms with Gasteiger partial charge in [-0.3, -0.25) is 4.79 Å². The highest BCUT2D eigenvalue weighted by molar-refractivity contribution is 5.74. The number of nitrogens with zero attached hydrogens (tertiary/aromatic N) is 1. The summed E-state index contributed by atoms with van der Waals surface area (Å²) in [6.07, 6.45) is 4.80. The number of hydrogen-bond acceptors (Lipinski definition) is 2. The second kappa shape index (κ2) is 8.02. The van der Waals surface area contributed by atoms with Gasteiger partial charge in [0.25, 0.3) is 0 Å². The van der Waals surface area contributed by atoms with Gasteiger partial charge < -0.3 is 15.3 Å². The Morgan fingerprint density at radius 3 is 2.05 bits per heavy atom. The molecule has 1 aliphatic rings. The molecule has 0 saturated heterocycles. The predicted molar refractivity (Wildman–Crippen MR) is 74.1 cm³/mol. The van der Waals surface area contributed by atoms with Gasteiger partial charge in [0.2, 0.25) is 0 Å². The smallest absolute Gasteiger partial charge is 0.317 e. The van der Waals surface area contributed by atoms with E-state index in [1.54, 1.807) is 0 Å². The monoisotopic (exact) mass is 270 g/mol. The predicted octanol–water partition coefficient (Wildman–Crippen LogP) is 2.46. The lowest BCUT2D eigenvalue weighted by Gasteiger charge is -2.30. The zero-order valence-electron chi connectivity index (χ0n) is 12.0. The fraction of sp³-hybridized carbons (Fsp3) is 0.857. The van der Waals surface area contributed by atoms with E-state index in [-0.39, 0.29) is 18.0 Å². The van der Waals surface area contributed by atoms with Gasteiger partial charge in [0.1, 0.15) is 0 Å². The first-order valence-corrected chi connectivity index (χ1v) is 7.36. The molecule has 0 bridgehead atoms. The average Bonchev–Trinajstić information content (AvgIpc) is 2.39. The third-order valence-electron chi connectivity index (χ3n) is 3.68. The van der Waals surface area contributed by atoms with Crippen molar-refractivity contribution in [2.45, 2.75) is 58.4 Å². The Kier molecular flexibility index (Phi) is 6.67. The Balaban J connectivity index is 2.38. The van der Waals surface area contributed by atoms with E-state index >= 15 is 0 Å². The molecule has 1 aliphatic carbocycles. The molecule has 1 fully saturated rings. The van der Waals surface area contributed by atoms with E-state index in [1.807, 2.05) is 4.90 Å². The number of carbonyl (C=O) groups is 2. The van der Waals surface area contributed by atoms with Crippen molar-refractivity contribution in [3.63, 3.8) is 0 Å². The highest BCUT2D eigenvalue weighted by atomic mass is 16.4. The van der Waals surface area contributed by atoms with E-state index in [4.69, 9.17) is 5.11 Å². The molecule has 0 aromatic heterocycles. The van der Waals surface area contributed by atoms with Crippen molar-refractivity contribution in [1.29, 1.82) is 0 Å². The number of carbonyl (C=O) groups excluding carboxylic acids is 1. The molecule has 0 aliphatic heterocycles. The number of aliphatic carboxylic acids is 1. The number of rotatable bonds is 6. The minimum Gasteiger partial charge on any atom is -0.481 e. The first-order valence-electron chi connectivity index (χ1n) is 7.36. The van der Waals surface area contributed by atoms with Crippen LogP contribution in [0.4, 0.5) is 4.79 Å². The number of carboxylic acid groups (broad SMARTS) is 1. The van der Waals surface area contributed by atoms with Crippen molar-refractivity contribution in [3.8, 4) is 0 Å². The summed E-state index contributed by atoms with van der Waals surface area (Å²) in [4.78, 5) is 24.8. The lowest BCUT2D eigenvalue weighted by Crippen LogP contribution is -2.46. The fourth-order valence-corrected chi connectivity index (χ4v) is 2.61. The van der Waals surface area contributed by atoms with Crippen LogP contribution in [-0.2, 0) is 4.79 Å². The summed E-state index contributed by atoms with van der Waals surface area (Å²) in [5.74, 6) is -0.932. The van der Waals surface area contributed by atoms with Crippen LogP contribution in [-0.4, -0.2) is 41.1 Å². The molecule has 0 atom stereocenters. The first-order chi connectivity index (χ1) is 9.08. The third-order valence-corrected chi connectivity index (χ3v) is 3.68. The van der Waals surface area contributed by atoms with Gasteiger partial charge >= 0.3 is 12.0 Å². The first kappa shape index (κ1) is 15.8. The van der Waals surface area contributed by atoms with Gasteiger partial charge in [-0.2, -0.15) is 0 Å². The van der Waals surface area contributed by atoms with Crippen LogP contribution in [0.3, 0.4) is 0 Å². The molecular weight excluding hydrogens is 244 g/mol. The SMILES string of the molecule is CCCN(CCC)C(=O)NC1CCC(C(=O)O)CC1. The second-order valence-electron chi connectivity index (χ2n) is 5.32. The summed E-state index contributed by atoms with van der Waals surface area (Å²) in [6.45, 7) is 5.69. The lowest BCUT2D eigenvalue weighted by atomic mass is 9.86. The van der Waals surface area contributed by atoms with Gasteiger partial charge in [0.15, 0.2) is 0 Å². The minimum absolute atomic E-state index is 0.00229. The van der Waals surface area contributed by atoms with Crippen molar-refractivity contribution >= 4 is 12.0 Å². The highest BCUT2D eigenvalue weighted by Crippen LogP contribution is 2.24. The molecule has 1 saturated carbocycles. The summed E-state index contributed by atoms with van der Waals surface area (Å²) < 4.78 is 0. The molecule has 0 radical (unpaired) electrons. The Labute approximate surface area is 115 Å². The van der Waals surface area contributed by atoms with Gasteiger partial charge in [0, 0.05) is 19.1 Å². The molecule has 0 unspecified atom stereocenters. The molecule has 2 N–H and O–H groups in total. The van der Waals surface area contributed by atoms with Crippen LogP contribution in [0, 0.1) is 5.92 Å². The maximum Gasteiger partial charge on any atom is 0.317 e. The third kappa shape index (κ3) is 5.09. The zero-order chi connectivity index (χ0) is 14.3. The normalized spacial score (nSPS) is 22.8. The van der Waals surface area contributed by atoms with Gasteiger partial charge in [-0.25, -0.2) is 4.79 Å². The molecule has 5 heteroatoms. The van der Waals surface area contributed by atoms with Crippen molar-refractivity contribution < 1.29 is 14.7 Å². The summed E-state index contributed by atoms with van der Waals surface area (Å²) in [5, 5.41) is 12.0. The van der Waals surface area contributed by atoms with Gasteiger partial charge in [-0.15, -0.1) is 0 Å². The molecular formula is C14H26N2O3. The number of amides is 2. The summed E-state index contributed by atoms with van der Waals surface area (Å²) in [6, 6.07) is 0.141. The van der Waals surface area contributed by atoms with Crippen LogP contribution in [0.1, 0.15) is 52.4 Å². The molecule has 19 heavy (non-hydrogen) atoms. The molecule has 110 valence electrons. The number of urea groups is 1. The largest absolute Gasteiger partial charge is 0.481 e.